The van der Waals surface area contributed by atoms with Gasteiger partial charge in [-0.3, -0.25) is 4.79 Å². The first-order valence-corrected chi connectivity index (χ1v) is 9.37. The molecule has 0 bridgehead atoms. The molecule has 0 N–H and O–H groups in total. The number of hydrogen-bond donors (Lipinski definition) is 0. The van der Waals surface area contributed by atoms with Gasteiger partial charge in [0.1, 0.15) is 0 Å². The van der Waals surface area contributed by atoms with E-state index in [2.05, 4.69) is 0 Å². The second kappa shape index (κ2) is 9.02. The fourth-order valence-corrected chi connectivity index (χ4v) is 3.15. The van der Waals surface area contributed by atoms with Gasteiger partial charge in [-0.2, -0.15) is 0 Å². The number of ether oxygens (including phenoxy) is 1. The highest BCUT2D eigenvalue weighted by molar-refractivity contribution is 6.30. The average molecular weight is 370 g/mol. The zero-order valence-electron chi connectivity index (χ0n) is 15.0. The monoisotopic (exact) mass is 369 g/mol. The van der Waals surface area contributed by atoms with Crippen LogP contribution in [0, 0.1) is 6.92 Å². The molecule has 2 aromatic rings. The van der Waals surface area contributed by atoms with Crippen LogP contribution >= 0.6 is 11.6 Å². The Morgan fingerprint density at radius 2 is 1.92 bits per heavy atom. The Bertz CT molecular complexity index is 747. The molecule has 1 aliphatic heterocycles. The lowest BCUT2D eigenvalue weighted by Gasteiger charge is -2.24. The molecule has 136 valence electrons. The second-order valence-electron chi connectivity index (χ2n) is 6.72. The van der Waals surface area contributed by atoms with Crippen molar-refractivity contribution in [1.29, 1.82) is 0 Å². The average Bonchev–Trinajstić information content (AvgIpc) is 3.15. The van der Waals surface area contributed by atoms with Gasteiger partial charge in [0.05, 0.1) is 6.10 Å². The lowest BCUT2D eigenvalue weighted by molar-refractivity contribution is -0.128. The first-order chi connectivity index (χ1) is 12.6. The number of rotatable bonds is 6. The van der Waals surface area contributed by atoms with Crippen molar-refractivity contribution >= 4 is 23.6 Å². The summed E-state index contributed by atoms with van der Waals surface area (Å²) in [6, 6.07) is 15.8. The largest absolute Gasteiger partial charge is 0.376 e. The molecule has 0 saturated carbocycles. The molecule has 0 aromatic heterocycles. The van der Waals surface area contributed by atoms with Crippen LogP contribution < -0.4 is 0 Å². The number of benzene rings is 2. The predicted octanol–water partition coefficient (Wildman–Crippen LogP) is 4.87. The maximum absolute atomic E-state index is 12.8. The van der Waals surface area contributed by atoms with E-state index in [1.807, 2.05) is 66.4 Å². The number of aryl methyl sites for hydroxylation is 1. The molecule has 4 heteroatoms. The molecule has 1 fully saturated rings. The molecule has 1 unspecified atom stereocenters. The summed E-state index contributed by atoms with van der Waals surface area (Å²) in [5.41, 5.74) is 3.29. The van der Waals surface area contributed by atoms with Gasteiger partial charge in [-0.05, 0) is 49.1 Å². The zero-order chi connectivity index (χ0) is 18.4. The van der Waals surface area contributed by atoms with Gasteiger partial charge in [0.15, 0.2) is 0 Å². The van der Waals surface area contributed by atoms with E-state index in [1.54, 1.807) is 6.08 Å². The van der Waals surface area contributed by atoms with Crippen molar-refractivity contribution in [3.05, 3.63) is 76.3 Å². The van der Waals surface area contributed by atoms with Crippen molar-refractivity contribution in [2.24, 2.45) is 0 Å². The number of nitrogens with zero attached hydrogens (tertiary/aromatic N) is 1. The lowest BCUT2D eigenvalue weighted by Crippen LogP contribution is -2.35. The van der Waals surface area contributed by atoms with Crippen molar-refractivity contribution in [3.63, 3.8) is 0 Å². The Morgan fingerprint density at radius 3 is 2.58 bits per heavy atom. The van der Waals surface area contributed by atoms with Gasteiger partial charge in [0.2, 0.25) is 5.91 Å². The molecule has 1 amide bonds. The van der Waals surface area contributed by atoms with E-state index in [9.17, 15) is 4.79 Å². The van der Waals surface area contributed by atoms with Crippen molar-refractivity contribution < 1.29 is 9.53 Å². The van der Waals surface area contributed by atoms with Gasteiger partial charge in [0.25, 0.3) is 0 Å². The third-order valence-corrected chi connectivity index (χ3v) is 4.79. The summed E-state index contributed by atoms with van der Waals surface area (Å²) >= 11 is 5.97. The summed E-state index contributed by atoms with van der Waals surface area (Å²) in [6.45, 7) is 3.99. The zero-order valence-corrected chi connectivity index (χ0v) is 15.8. The van der Waals surface area contributed by atoms with E-state index < -0.39 is 0 Å². The van der Waals surface area contributed by atoms with Crippen LogP contribution in [0.15, 0.2) is 54.6 Å². The Balaban J connectivity index is 1.71. The molecule has 3 nitrogen and oxygen atoms in total. The highest BCUT2D eigenvalue weighted by Crippen LogP contribution is 2.17. The van der Waals surface area contributed by atoms with E-state index in [-0.39, 0.29) is 12.0 Å². The molecule has 0 spiro atoms. The molecule has 1 aliphatic rings. The summed E-state index contributed by atoms with van der Waals surface area (Å²) in [4.78, 5) is 14.7. The lowest BCUT2D eigenvalue weighted by atomic mass is 10.1. The first kappa shape index (κ1) is 18.7. The second-order valence-corrected chi connectivity index (χ2v) is 7.16. The number of hydrogen-bond acceptors (Lipinski definition) is 2. The van der Waals surface area contributed by atoms with Crippen molar-refractivity contribution in [2.75, 3.05) is 13.2 Å². The molecule has 26 heavy (non-hydrogen) atoms. The first-order valence-electron chi connectivity index (χ1n) is 9.00. The predicted molar refractivity (Wildman–Crippen MR) is 106 cm³/mol. The third-order valence-electron chi connectivity index (χ3n) is 4.54. The number of amides is 1. The Hall–Kier alpha value is -2.10. The standard InChI is InChI=1S/C22H24ClNO2/c1-17-4-6-18(7-5-17)10-13-22(25)24(16-21-3-2-14-26-21)15-19-8-11-20(23)12-9-19/h4-13,21H,2-3,14-16H2,1H3/b13-10+. The van der Waals surface area contributed by atoms with Crippen LogP contribution in [0.1, 0.15) is 29.5 Å². The molecule has 1 atom stereocenters. The van der Waals surface area contributed by atoms with Crippen molar-refractivity contribution in [2.45, 2.75) is 32.4 Å². The minimum atomic E-state index is -0.00368. The minimum Gasteiger partial charge on any atom is -0.376 e. The van der Waals surface area contributed by atoms with Crippen LogP contribution in [0.25, 0.3) is 6.08 Å². The summed E-state index contributed by atoms with van der Waals surface area (Å²) in [5.74, 6) is -0.00368. The third kappa shape index (κ3) is 5.45. The molecule has 1 heterocycles. The highest BCUT2D eigenvalue weighted by Gasteiger charge is 2.21. The summed E-state index contributed by atoms with van der Waals surface area (Å²) < 4.78 is 5.73. The maximum atomic E-state index is 12.8. The van der Waals surface area contributed by atoms with Crippen LogP contribution in [0.3, 0.4) is 0 Å². The molecular formula is C22H24ClNO2. The molecule has 2 aromatic carbocycles. The smallest absolute Gasteiger partial charge is 0.246 e. The molecule has 3 rings (SSSR count). The normalized spacial score (nSPS) is 16.9. The van der Waals surface area contributed by atoms with E-state index in [0.717, 1.165) is 30.6 Å². The van der Waals surface area contributed by atoms with Crippen LogP contribution in [-0.4, -0.2) is 30.1 Å². The molecule has 0 aliphatic carbocycles. The Kier molecular flexibility index (Phi) is 6.48. The van der Waals surface area contributed by atoms with Crippen molar-refractivity contribution in [1.82, 2.24) is 4.90 Å². The van der Waals surface area contributed by atoms with Gasteiger partial charge in [0, 0.05) is 30.8 Å². The van der Waals surface area contributed by atoms with E-state index in [0.29, 0.717) is 18.1 Å². The number of carbonyl (C=O) groups is 1. The van der Waals surface area contributed by atoms with Crippen LogP contribution in [0.4, 0.5) is 0 Å². The summed E-state index contributed by atoms with van der Waals surface area (Å²) in [7, 11) is 0. The SMILES string of the molecule is Cc1ccc(/C=C/C(=O)N(Cc2ccc(Cl)cc2)CC2CCCO2)cc1. The van der Waals surface area contributed by atoms with Gasteiger partial charge in [-0.25, -0.2) is 0 Å². The Morgan fingerprint density at radius 1 is 1.19 bits per heavy atom. The van der Waals surface area contributed by atoms with Crippen LogP contribution in [-0.2, 0) is 16.1 Å². The highest BCUT2D eigenvalue weighted by atomic mass is 35.5. The van der Waals surface area contributed by atoms with E-state index in [1.165, 1.54) is 5.56 Å². The fraction of sp³-hybridized carbons (Fsp3) is 0.318. The van der Waals surface area contributed by atoms with Gasteiger partial charge in [-0.1, -0.05) is 53.6 Å². The van der Waals surface area contributed by atoms with E-state index >= 15 is 0 Å². The number of halogens is 1. The van der Waals surface area contributed by atoms with Gasteiger partial charge >= 0.3 is 0 Å². The quantitative estimate of drug-likeness (QED) is 0.680. The van der Waals surface area contributed by atoms with Gasteiger partial charge in [-0.15, -0.1) is 0 Å². The Labute approximate surface area is 160 Å². The molecule has 0 radical (unpaired) electrons. The van der Waals surface area contributed by atoms with Crippen LogP contribution in [0.5, 0.6) is 0 Å². The number of carbonyl (C=O) groups excluding carboxylic acids is 1. The molecular weight excluding hydrogens is 346 g/mol. The minimum absolute atomic E-state index is 0.00368. The van der Waals surface area contributed by atoms with Crippen molar-refractivity contribution in [3.8, 4) is 0 Å². The maximum Gasteiger partial charge on any atom is 0.246 e. The fourth-order valence-electron chi connectivity index (χ4n) is 3.03. The summed E-state index contributed by atoms with van der Waals surface area (Å²) in [5, 5.41) is 0.699. The van der Waals surface area contributed by atoms with Gasteiger partial charge < -0.3 is 9.64 Å². The summed E-state index contributed by atoms with van der Waals surface area (Å²) in [6.07, 6.45) is 5.71. The topological polar surface area (TPSA) is 29.5 Å². The van der Waals surface area contributed by atoms with E-state index in [4.69, 9.17) is 16.3 Å². The van der Waals surface area contributed by atoms with Crippen LogP contribution in [0.2, 0.25) is 5.02 Å². The molecule has 1 saturated heterocycles.